The maximum Gasteiger partial charge on any atom is 0.290 e. The van der Waals surface area contributed by atoms with Crippen LogP contribution >= 0.6 is 0 Å². The number of hydrogen-bond donors (Lipinski definition) is 1. The van der Waals surface area contributed by atoms with Crippen molar-refractivity contribution in [2.45, 2.75) is 18.9 Å². The van der Waals surface area contributed by atoms with Crippen LogP contribution in [0.1, 0.15) is 12.8 Å². The minimum Gasteiger partial charge on any atom is -0.350 e. The molecule has 0 spiro atoms. The highest BCUT2D eigenvalue weighted by molar-refractivity contribution is 5.36. The van der Waals surface area contributed by atoms with Crippen molar-refractivity contribution in [3.63, 3.8) is 0 Å². The molecule has 2 heterocycles. The summed E-state index contributed by atoms with van der Waals surface area (Å²) in [6, 6.07) is 0.509. The minimum atomic E-state index is -0.0955. The normalized spacial score (nSPS) is 21.4. The van der Waals surface area contributed by atoms with Gasteiger partial charge in [-0.2, -0.15) is 0 Å². The maximum absolute atomic E-state index is 11.6. The fourth-order valence-corrected chi connectivity index (χ4v) is 2.14. The average Bonchev–Trinajstić information content (AvgIpc) is 2.30. The summed E-state index contributed by atoms with van der Waals surface area (Å²) >= 11 is 0. The van der Waals surface area contributed by atoms with Crippen LogP contribution in [0.15, 0.2) is 17.2 Å². The number of anilines is 1. The van der Waals surface area contributed by atoms with Gasteiger partial charge in [0.05, 0.1) is 0 Å². The summed E-state index contributed by atoms with van der Waals surface area (Å²) < 4.78 is 0. The van der Waals surface area contributed by atoms with Gasteiger partial charge in [0.15, 0.2) is 5.82 Å². The molecule has 5 heteroatoms. The van der Waals surface area contributed by atoms with Crippen LogP contribution in [0.25, 0.3) is 0 Å². The van der Waals surface area contributed by atoms with Gasteiger partial charge in [0.1, 0.15) is 0 Å². The molecular formula is C11H18N4O. The Hall–Kier alpha value is -1.36. The lowest BCUT2D eigenvalue weighted by molar-refractivity contribution is 0.257. The Labute approximate surface area is 95.1 Å². The largest absolute Gasteiger partial charge is 0.350 e. The molecule has 0 aliphatic carbocycles. The van der Waals surface area contributed by atoms with Crippen LogP contribution in [0.5, 0.6) is 0 Å². The number of aromatic amines is 1. The summed E-state index contributed by atoms with van der Waals surface area (Å²) in [6.45, 7) is 1.80. The molecule has 1 aliphatic heterocycles. The van der Waals surface area contributed by atoms with Crippen molar-refractivity contribution in [2.24, 2.45) is 0 Å². The Morgan fingerprint density at radius 1 is 1.56 bits per heavy atom. The molecule has 0 saturated carbocycles. The van der Waals surface area contributed by atoms with E-state index in [-0.39, 0.29) is 5.56 Å². The van der Waals surface area contributed by atoms with Crippen LogP contribution in [0.2, 0.25) is 0 Å². The highest BCUT2D eigenvalue weighted by atomic mass is 16.1. The van der Waals surface area contributed by atoms with Gasteiger partial charge in [-0.3, -0.25) is 4.79 Å². The molecule has 2 rings (SSSR count). The number of aromatic nitrogens is 2. The highest BCUT2D eigenvalue weighted by Crippen LogP contribution is 2.16. The van der Waals surface area contributed by atoms with Gasteiger partial charge in [-0.05, 0) is 26.9 Å². The summed E-state index contributed by atoms with van der Waals surface area (Å²) in [5, 5.41) is 0. The molecule has 0 aromatic carbocycles. The predicted molar refractivity (Wildman–Crippen MR) is 63.8 cm³/mol. The quantitative estimate of drug-likeness (QED) is 0.782. The van der Waals surface area contributed by atoms with Gasteiger partial charge in [-0.1, -0.05) is 0 Å². The van der Waals surface area contributed by atoms with Crippen molar-refractivity contribution in [3.8, 4) is 0 Å². The van der Waals surface area contributed by atoms with E-state index in [4.69, 9.17) is 0 Å². The molecule has 1 aromatic rings. The molecule has 0 bridgehead atoms. The van der Waals surface area contributed by atoms with E-state index in [0.717, 1.165) is 19.5 Å². The number of H-pyrrole nitrogens is 1. The molecular weight excluding hydrogens is 204 g/mol. The molecule has 1 saturated heterocycles. The maximum atomic E-state index is 11.6. The number of likely N-dealkylation sites (N-methyl/N-ethyl adjacent to an activating group) is 1. The summed E-state index contributed by atoms with van der Waals surface area (Å²) in [6.07, 6.45) is 5.50. The summed E-state index contributed by atoms with van der Waals surface area (Å²) in [7, 11) is 4.16. The van der Waals surface area contributed by atoms with Gasteiger partial charge >= 0.3 is 0 Å². The Balaban J connectivity index is 2.16. The molecule has 1 N–H and O–H groups in total. The van der Waals surface area contributed by atoms with Crippen molar-refractivity contribution in [1.82, 2.24) is 14.9 Å². The van der Waals surface area contributed by atoms with E-state index in [1.807, 2.05) is 0 Å². The van der Waals surface area contributed by atoms with Gasteiger partial charge in [-0.15, -0.1) is 0 Å². The zero-order valence-electron chi connectivity index (χ0n) is 9.81. The van der Waals surface area contributed by atoms with Crippen LogP contribution < -0.4 is 10.5 Å². The van der Waals surface area contributed by atoms with E-state index in [2.05, 4.69) is 33.9 Å². The molecule has 16 heavy (non-hydrogen) atoms. The lowest BCUT2D eigenvalue weighted by Crippen LogP contribution is -2.47. The number of nitrogens with one attached hydrogen (secondary N) is 1. The summed E-state index contributed by atoms with van der Waals surface area (Å²) in [5.74, 6) is 0.550. The SMILES string of the molecule is CN(C)C1CCCN(c2ncc[nH]c2=O)C1. The summed E-state index contributed by atoms with van der Waals surface area (Å²) in [5.41, 5.74) is -0.0955. The number of rotatable bonds is 2. The fraction of sp³-hybridized carbons (Fsp3) is 0.636. The van der Waals surface area contributed by atoms with Crippen molar-refractivity contribution in [1.29, 1.82) is 0 Å². The first-order valence-electron chi connectivity index (χ1n) is 5.63. The average molecular weight is 222 g/mol. The van der Waals surface area contributed by atoms with Crippen LogP contribution in [-0.4, -0.2) is 48.1 Å². The third-order valence-corrected chi connectivity index (χ3v) is 3.12. The van der Waals surface area contributed by atoms with Crippen molar-refractivity contribution < 1.29 is 0 Å². The molecule has 1 aliphatic rings. The molecule has 88 valence electrons. The Kier molecular flexibility index (Phi) is 3.24. The molecule has 0 radical (unpaired) electrons. The zero-order valence-corrected chi connectivity index (χ0v) is 9.81. The van der Waals surface area contributed by atoms with E-state index >= 15 is 0 Å². The number of piperidine rings is 1. The van der Waals surface area contributed by atoms with E-state index in [1.54, 1.807) is 12.4 Å². The second-order valence-corrected chi connectivity index (χ2v) is 4.45. The third-order valence-electron chi connectivity index (χ3n) is 3.12. The Morgan fingerprint density at radius 2 is 2.38 bits per heavy atom. The number of nitrogens with zero attached hydrogens (tertiary/aromatic N) is 3. The first-order chi connectivity index (χ1) is 7.68. The predicted octanol–water partition coefficient (Wildman–Crippen LogP) is 0.300. The molecule has 1 aromatic heterocycles. The number of hydrogen-bond acceptors (Lipinski definition) is 4. The molecule has 0 amide bonds. The van der Waals surface area contributed by atoms with Crippen molar-refractivity contribution in [2.75, 3.05) is 32.1 Å². The first kappa shape index (κ1) is 11.1. The van der Waals surface area contributed by atoms with E-state index in [1.165, 1.54) is 6.42 Å². The van der Waals surface area contributed by atoms with Crippen LogP contribution in [0.4, 0.5) is 5.82 Å². The smallest absolute Gasteiger partial charge is 0.290 e. The second-order valence-electron chi connectivity index (χ2n) is 4.45. The molecule has 1 atom stereocenters. The van der Waals surface area contributed by atoms with Crippen molar-refractivity contribution in [3.05, 3.63) is 22.7 Å². The molecule has 1 fully saturated rings. The molecule has 1 unspecified atom stereocenters. The Morgan fingerprint density at radius 3 is 3.06 bits per heavy atom. The fourth-order valence-electron chi connectivity index (χ4n) is 2.14. The van der Waals surface area contributed by atoms with Gasteiger partial charge in [-0.25, -0.2) is 4.98 Å². The van der Waals surface area contributed by atoms with E-state index in [9.17, 15) is 4.79 Å². The summed E-state index contributed by atoms with van der Waals surface area (Å²) in [4.78, 5) is 22.7. The monoisotopic (exact) mass is 222 g/mol. The van der Waals surface area contributed by atoms with Crippen molar-refractivity contribution >= 4 is 5.82 Å². The first-order valence-corrected chi connectivity index (χ1v) is 5.63. The van der Waals surface area contributed by atoms with Gasteiger partial charge in [0, 0.05) is 31.5 Å². The van der Waals surface area contributed by atoms with Crippen LogP contribution in [0, 0.1) is 0 Å². The van der Waals surface area contributed by atoms with Crippen LogP contribution in [-0.2, 0) is 0 Å². The van der Waals surface area contributed by atoms with Gasteiger partial charge in [0.2, 0.25) is 0 Å². The lowest BCUT2D eigenvalue weighted by atomic mass is 10.1. The van der Waals surface area contributed by atoms with E-state index in [0.29, 0.717) is 11.9 Å². The standard InChI is InChI=1S/C11H18N4O/c1-14(2)9-4-3-7-15(8-9)10-11(16)13-6-5-12-10/h5-6,9H,3-4,7-8H2,1-2H3,(H,13,16). The minimum absolute atomic E-state index is 0.0955. The van der Waals surface area contributed by atoms with Crippen LogP contribution in [0.3, 0.4) is 0 Å². The highest BCUT2D eigenvalue weighted by Gasteiger charge is 2.23. The lowest BCUT2D eigenvalue weighted by Gasteiger charge is -2.36. The Bertz CT molecular complexity index is 401. The molecule has 5 nitrogen and oxygen atoms in total. The van der Waals surface area contributed by atoms with E-state index < -0.39 is 0 Å². The van der Waals surface area contributed by atoms with Gasteiger partial charge < -0.3 is 14.8 Å². The zero-order chi connectivity index (χ0) is 11.5. The third kappa shape index (κ3) is 2.24. The topological polar surface area (TPSA) is 52.2 Å². The second kappa shape index (κ2) is 4.65. The van der Waals surface area contributed by atoms with Gasteiger partial charge in [0.25, 0.3) is 5.56 Å².